The van der Waals surface area contributed by atoms with Crippen molar-refractivity contribution in [2.75, 3.05) is 4.90 Å². The molecule has 1 spiro atoms. The molecule has 9 aromatic carbocycles. The van der Waals surface area contributed by atoms with Gasteiger partial charge < -0.3 is 4.90 Å². The molecule has 0 aromatic heterocycles. The summed E-state index contributed by atoms with van der Waals surface area (Å²) in [6.07, 6.45) is 0. The number of anilines is 3. The standard InChI is InChI=1S/C54H37N/c1-53(2)45-25-13-10-20-38(45)41-31-29-36(32-48(41)53)55(35-17-4-3-5-18-35)50-33-49-51(43-24-9-8-23-42(43)50)44-30-28-34-16-6-7-19-37(34)52(44)54(49)46-26-14-11-21-39(46)40-22-12-15-27-47(40)54/h3-33H,1-2H3. The Balaban J connectivity index is 1.22. The number of benzene rings is 9. The van der Waals surface area contributed by atoms with Crippen molar-refractivity contribution in [1.82, 2.24) is 0 Å². The normalized spacial score (nSPS) is 14.7. The van der Waals surface area contributed by atoms with E-state index in [1.165, 1.54) is 94.0 Å². The number of rotatable bonds is 3. The van der Waals surface area contributed by atoms with Crippen LogP contribution in [0.25, 0.3) is 54.9 Å². The minimum Gasteiger partial charge on any atom is -0.310 e. The molecule has 0 saturated carbocycles. The quantitative estimate of drug-likeness (QED) is 0.177. The maximum Gasteiger partial charge on any atom is 0.0732 e. The van der Waals surface area contributed by atoms with Crippen molar-refractivity contribution >= 4 is 38.6 Å². The van der Waals surface area contributed by atoms with Crippen molar-refractivity contribution in [2.45, 2.75) is 24.7 Å². The van der Waals surface area contributed by atoms with Crippen LogP contribution >= 0.6 is 0 Å². The number of fused-ring (bicyclic) bond motifs is 17. The summed E-state index contributed by atoms with van der Waals surface area (Å²) in [5, 5.41) is 5.10. The molecule has 0 atom stereocenters. The smallest absolute Gasteiger partial charge is 0.0732 e. The largest absolute Gasteiger partial charge is 0.310 e. The lowest BCUT2D eigenvalue weighted by Crippen LogP contribution is -2.26. The fourth-order valence-corrected chi connectivity index (χ4v) is 10.8. The van der Waals surface area contributed by atoms with Crippen LogP contribution in [-0.2, 0) is 10.8 Å². The van der Waals surface area contributed by atoms with Crippen LogP contribution < -0.4 is 4.90 Å². The highest BCUT2D eigenvalue weighted by molar-refractivity contribution is 6.14. The van der Waals surface area contributed by atoms with Crippen molar-refractivity contribution < 1.29 is 0 Å². The first-order valence-electron chi connectivity index (χ1n) is 19.4. The lowest BCUT2D eigenvalue weighted by molar-refractivity contribution is 0.660. The van der Waals surface area contributed by atoms with Gasteiger partial charge in [0, 0.05) is 22.2 Å². The van der Waals surface area contributed by atoms with Crippen molar-refractivity contribution in [3.05, 3.63) is 221 Å². The van der Waals surface area contributed by atoms with E-state index in [0.29, 0.717) is 0 Å². The first-order valence-corrected chi connectivity index (χ1v) is 19.4. The predicted octanol–water partition coefficient (Wildman–Crippen LogP) is 14.1. The Morgan fingerprint density at radius 2 is 0.909 bits per heavy atom. The van der Waals surface area contributed by atoms with Gasteiger partial charge in [0.25, 0.3) is 0 Å². The third-order valence-electron chi connectivity index (χ3n) is 13.0. The van der Waals surface area contributed by atoms with Crippen molar-refractivity contribution in [1.29, 1.82) is 0 Å². The van der Waals surface area contributed by atoms with Crippen LogP contribution in [0.5, 0.6) is 0 Å². The van der Waals surface area contributed by atoms with Gasteiger partial charge in [-0.3, -0.25) is 0 Å². The third-order valence-corrected chi connectivity index (χ3v) is 13.0. The van der Waals surface area contributed by atoms with Gasteiger partial charge in [-0.05, 0) is 113 Å². The maximum absolute atomic E-state index is 2.56. The minimum absolute atomic E-state index is 0.117. The topological polar surface area (TPSA) is 3.24 Å². The van der Waals surface area contributed by atoms with Gasteiger partial charge in [0.05, 0.1) is 11.1 Å². The number of hydrogen-bond donors (Lipinski definition) is 0. The Hall–Kier alpha value is -6.70. The second-order valence-electron chi connectivity index (χ2n) is 16.0. The highest BCUT2D eigenvalue weighted by Gasteiger charge is 2.53. The summed E-state index contributed by atoms with van der Waals surface area (Å²) in [5.74, 6) is 0. The molecule has 9 aromatic rings. The first kappa shape index (κ1) is 30.7. The third kappa shape index (κ3) is 3.87. The molecule has 3 aliphatic rings. The second-order valence-corrected chi connectivity index (χ2v) is 16.0. The Morgan fingerprint density at radius 1 is 0.364 bits per heavy atom. The fraction of sp³-hybridized carbons (Fsp3) is 0.0741. The summed E-state index contributed by atoms with van der Waals surface area (Å²) < 4.78 is 0. The average Bonchev–Trinajstić information content (AvgIpc) is 3.80. The Morgan fingerprint density at radius 3 is 1.64 bits per heavy atom. The second kappa shape index (κ2) is 10.9. The number of nitrogens with zero attached hydrogens (tertiary/aromatic N) is 1. The predicted molar refractivity (Wildman–Crippen MR) is 230 cm³/mol. The molecule has 0 aliphatic heterocycles. The van der Waals surface area contributed by atoms with E-state index in [4.69, 9.17) is 0 Å². The molecule has 3 aliphatic carbocycles. The van der Waals surface area contributed by atoms with Gasteiger partial charge in [0.1, 0.15) is 0 Å². The van der Waals surface area contributed by atoms with Gasteiger partial charge in [-0.2, -0.15) is 0 Å². The van der Waals surface area contributed by atoms with Crippen LogP contribution in [-0.4, -0.2) is 0 Å². The van der Waals surface area contributed by atoms with E-state index >= 15 is 0 Å². The molecule has 55 heavy (non-hydrogen) atoms. The molecule has 0 unspecified atom stereocenters. The molecule has 1 heteroatoms. The van der Waals surface area contributed by atoms with Gasteiger partial charge in [0.2, 0.25) is 0 Å². The van der Waals surface area contributed by atoms with Crippen LogP contribution in [0.2, 0.25) is 0 Å². The van der Waals surface area contributed by atoms with Crippen molar-refractivity contribution in [3.8, 4) is 33.4 Å². The van der Waals surface area contributed by atoms with E-state index in [2.05, 4.69) is 207 Å². The minimum atomic E-state index is -0.499. The lowest BCUT2D eigenvalue weighted by atomic mass is 9.69. The van der Waals surface area contributed by atoms with Crippen LogP contribution in [0.3, 0.4) is 0 Å². The lowest BCUT2D eigenvalue weighted by Gasteiger charge is -2.34. The Labute approximate surface area is 321 Å². The molecular weight excluding hydrogens is 663 g/mol. The van der Waals surface area contributed by atoms with E-state index in [1.807, 2.05) is 0 Å². The molecule has 1 nitrogen and oxygen atoms in total. The van der Waals surface area contributed by atoms with Gasteiger partial charge in [0.15, 0.2) is 0 Å². The molecule has 12 rings (SSSR count). The first-order chi connectivity index (χ1) is 27.1. The summed E-state index contributed by atoms with van der Waals surface area (Å²) in [6.45, 7) is 4.75. The van der Waals surface area contributed by atoms with Gasteiger partial charge in [-0.1, -0.05) is 172 Å². The van der Waals surface area contributed by atoms with Crippen molar-refractivity contribution in [3.63, 3.8) is 0 Å². The van der Waals surface area contributed by atoms with Crippen LogP contribution in [0.15, 0.2) is 188 Å². The van der Waals surface area contributed by atoms with E-state index in [1.54, 1.807) is 0 Å². The molecule has 0 heterocycles. The van der Waals surface area contributed by atoms with E-state index in [9.17, 15) is 0 Å². The molecule has 0 fully saturated rings. The van der Waals surface area contributed by atoms with E-state index < -0.39 is 5.41 Å². The zero-order chi connectivity index (χ0) is 36.5. The summed E-state index contributed by atoms with van der Waals surface area (Å²) in [5.41, 5.74) is 19.1. The van der Waals surface area contributed by atoms with E-state index in [0.717, 1.165) is 11.4 Å². The molecule has 0 saturated heterocycles. The van der Waals surface area contributed by atoms with Gasteiger partial charge in [-0.15, -0.1) is 0 Å². The maximum atomic E-state index is 2.56. The molecular formula is C54H37N. The summed E-state index contributed by atoms with van der Waals surface area (Å²) >= 11 is 0. The van der Waals surface area contributed by atoms with Gasteiger partial charge >= 0.3 is 0 Å². The Bertz CT molecular complexity index is 3030. The van der Waals surface area contributed by atoms with Crippen LogP contribution in [0.1, 0.15) is 47.2 Å². The molecule has 0 N–H and O–H groups in total. The molecule has 258 valence electrons. The molecule has 0 amide bonds. The SMILES string of the molecule is CC1(C)c2ccccc2-c2ccc(N(c3ccccc3)c3cc4c(c5ccccc35)-c3ccc5ccccc5c3C43c4ccccc4-c4ccccc43)cc21. The highest BCUT2D eigenvalue weighted by atomic mass is 15.1. The van der Waals surface area contributed by atoms with Crippen LogP contribution in [0, 0.1) is 0 Å². The number of para-hydroxylation sites is 1. The highest BCUT2D eigenvalue weighted by Crippen LogP contribution is 2.66. The monoisotopic (exact) mass is 699 g/mol. The van der Waals surface area contributed by atoms with Crippen LogP contribution in [0.4, 0.5) is 17.1 Å². The fourth-order valence-electron chi connectivity index (χ4n) is 10.8. The summed E-state index contributed by atoms with van der Waals surface area (Å²) in [6, 6.07) is 70.7. The molecule has 0 radical (unpaired) electrons. The summed E-state index contributed by atoms with van der Waals surface area (Å²) in [7, 11) is 0. The molecule has 0 bridgehead atoms. The average molecular weight is 700 g/mol. The van der Waals surface area contributed by atoms with Crippen molar-refractivity contribution in [2.24, 2.45) is 0 Å². The Kier molecular flexibility index (Phi) is 6.11. The zero-order valence-electron chi connectivity index (χ0n) is 30.8. The summed E-state index contributed by atoms with van der Waals surface area (Å²) in [4.78, 5) is 2.52. The van der Waals surface area contributed by atoms with E-state index in [-0.39, 0.29) is 5.41 Å². The van der Waals surface area contributed by atoms with Gasteiger partial charge in [-0.25, -0.2) is 0 Å². The number of hydrogen-bond acceptors (Lipinski definition) is 1. The zero-order valence-corrected chi connectivity index (χ0v) is 30.8.